The average molecular weight is 1120 g/mol. The van der Waals surface area contributed by atoms with Gasteiger partial charge in [-0.2, -0.15) is 0 Å². The Morgan fingerprint density at radius 1 is 0.263 bits per heavy atom. The summed E-state index contributed by atoms with van der Waals surface area (Å²) in [7, 11) is 0. The molecule has 0 heterocycles. The Balaban J connectivity index is 4.21. The molecule has 0 bridgehead atoms. The molecule has 0 amide bonds. The summed E-state index contributed by atoms with van der Waals surface area (Å²) in [5.41, 5.74) is 0. The lowest BCUT2D eigenvalue weighted by Crippen LogP contribution is -2.30. The second-order valence-corrected chi connectivity index (χ2v) is 23.1. The van der Waals surface area contributed by atoms with E-state index in [1.165, 1.54) is 186 Å². The minimum atomic E-state index is -0.796. The lowest BCUT2D eigenvalue weighted by atomic mass is 10.0. The van der Waals surface area contributed by atoms with Crippen molar-refractivity contribution in [3.63, 3.8) is 0 Å². The third-order valence-electron chi connectivity index (χ3n) is 15.1. The fourth-order valence-electron chi connectivity index (χ4n) is 9.92. The van der Waals surface area contributed by atoms with E-state index >= 15 is 0 Å². The third-order valence-corrected chi connectivity index (χ3v) is 15.1. The zero-order chi connectivity index (χ0) is 57.8. The maximum Gasteiger partial charge on any atom is 0.306 e. The van der Waals surface area contributed by atoms with Crippen molar-refractivity contribution in [2.45, 2.75) is 354 Å². The van der Waals surface area contributed by atoms with Crippen LogP contribution >= 0.6 is 0 Å². The first-order valence-electron chi connectivity index (χ1n) is 34.6. The number of hydrogen-bond acceptors (Lipinski definition) is 6. The molecular weight excluding hydrogens is 985 g/mol. The van der Waals surface area contributed by atoms with E-state index in [2.05, 4.69) is 106 Å². The summed E-state index contributed by atoms with van der Waals surface area (Å²) >= 11 is 0. The van der Waals surface area contributed by atoms with Crippen LogP contribution in [-0.4, -0.2) is 37.2 Å². The van der Waals surface area contributed by atoms with Crippen LogP contribution in [-0.2, 0) is 28.6 Å². The van der Waals surface area contributed by atoms with Crippen molar-refractivity contribution >= 4 is 17.9 Å². The van der Waals surface area contributed by atoms with Crippen molar-refractivity contribution in [1.82, 2.24) is 0 Å². The molecule has 0 spiro atoms. The molecule has 0 saturated carbocycles. The van der Waals surface area contributed by atoms with E-state index in [1.54, 1.807) is 0 Å². The molecular formula is C74H130O6. The van der Waals surface area contributed by atoms with Gasteiger partial charge in [-0.15, -0.1) is 0 Å². The number of allylic oxidation sites excluding steroid dienone is 14. The van der Waals surface area contributed by atoms with E-state index in [4.69, 9.17) is 14.2 Å². The van der Waals surface area contributed by atoms with Crippen LogP contribution in [0, 0.1) is 0 Å². The molecule has 0 radical (unpaired) electrons. The molecule has 0 aromatic heterocycles. The van der Waals surface area contributed by atoms with Crippen molar-refractivity contribution in [1.29, 1.82) is 0 Å². The number of unbranched alkanes of at least 4 members (excludes halogenated alkanes) is 38. The maximum absolute atomic E-state index is 12.9. The summed E-state index contributed by atoms with van der Waals surface area (Å²) in [6, 6.07) is 0. The second kappa shape index (κ2) is 68.1. The summed E-state index contributed by atoms with van der Waals surface area (Å²) in [5, 5.41) is 0. The predicted octanol–water partition coefficient (Wildman–Crippen LogP) is 23.8. The highest BCUT2D eigenvalue weighted by molar-refractivity contribution is 5.71. The van der Waals surface area contributed by atoms with Gasteiger partial charge in [0.1, 0.15) is 13.2 Å². The summed E-state index contributed by atoms with van der Waals surface area (Å²) in [6.45, 7) is 6.49. The van der Waals surface area contributed by atoms with Crippen LogP contribution in [0.1, 0.15) is 348 Å². The minimum Gasteiger partial charge on any atom is -0.462 e. The van der Waals surface area contributed by atoms with Crippen LogP contribution in [0.2, 0.25) is 0 Å². The Morgan fingerprint density at radius 3 is 0.812 bits per heavy atom. The molecule has 0 aliphatic heterocycles. The highest BCUT2D eigenvalue weighted by atomic mass is 16.6. The Hall–Kier alpha value is -3.41. The van der Waals surface area contributed by atoms with E-state index in [0.717, 1.165) is 122 Å². The summed E-state index contributed by atoms with van der Waals surface area (Å²) < 4.78 is 16.9. The van der Waals surface area contributed by atoms with Crippen molar-refractivity contribution in [2.75, 3.05) is 13.2 Å². The molecule has 462 valence electrons. The van der Waals surface area contributed by atoms with Crippen LogP contribution in [0.15, 0.2) is 85.1 Å². The normalized spacial score (nSPS) is 12.6. The van der Waals surface area contributed by atoms with Gasteiger partial charge in [0, 0.05) is 19.3 Å². The van der Waals surface area contributed by atoms with Gasteiger partial charge >= 0.3 is 17.9 Å². The largest absolute Gasteiger partial charge is 0.462 e. The monoisotopic (exact) mass is 1110 g/mol. The Bertz CT molecular complexity index is 1520. The van der Waals surface area contributed by atoms with Crippen LogP contribution in [0.5, 0.6) is 0 Å². The Morgan fingerprint density at radius 2 is 0.500 bits per heavy atom. The molecule has 0 saturated heterocycles. The van der Waals surface area contributed by atoms with Gasteiger partial charge in [0.2, 0.25) is 0 Å². The number of esters is 3. The molecule has 1 unspecified atom stereocenters. The maximum atomic E-state index is 12.9. The van der Waals surface area contributed by atoms with Gasteiger partial charge in [-0.05, 0) is 109 Å². The molecule has 1 atom stereocenters. The fourth-order valence-corrected chi connectivity index (χ4v) is 9.92. The number of hydrogen-bond donors (Lipinski definition) is 0. The smallest absolute Gasteiger partial charge is 0.306 e. The Kier molecular flexibility index (Phi) is 65.2. The first kappa shape index (κ1) is 76.6. The summed E-state index contributed by atoms with van der Waals surface area (Å²) in [5.74, 6) is -0.913. The lowest BCUT2D eigenvalue weighted by molar-refractivity contribution is -0.167. The van der Waals surface area contributed by atoms with Crippen LogP contribution < -0.4 is 0 Å². The average Bonchev–Trinajstić information content (AvgIpc) is 3.46. The molecule has 0 fully saturated rings. The van der Waals surface area contributed by atoms with Gasteiger partial charge in [-0.25, -0.2) is 0 Å². The first-order valence-corrected chi connectivity index (χ1v) is 34.6. The highest BCUT2D eigenvalue weighted by Crippen LogP contribution is 2.17. The zero-order valence-corrected chi connectivity index (χ0v) is 53.1. The zero-order valence-electron chi connectivity index (χ0n) is 53.1. The van der Waals surface area contributed by atoms with Crippen molar-refractivity contribution in [3.8, 4) is 0 Å². The van der Waals surface area contributed by atoms with Crippen molar-refractivity contribution in [3.05, 3.63) is 85.1 Å². The van der Waals surface area contributed by atoms with Gasteiger partial charge in [-0.1, -0.05) is 305 Å². The van der Waals surface area contributed by atoms with Crippen LogP contribution in [0.4, 0.5) is 0 Å². The number of rotatable bonds is 63. The van der Waals surface area contributed by atoms with E-state index in [0.29, 0.717) is 19.3 Å². The van der Waals surface area contributed by atoms with E-state index in [-0.39, 0.29) is 31.1 Å². The van der Waals surface area contributed by atoms with Gasteiger partial charge in [0.25, 0.3) is 0 Å². The fraction of sp³-hybridized carbons (Fsp3) is 0.770. The third kappa shape index (κ3) is 65.4. The lowest BCUT2D eigenvalue weighted by Gasteiger charge is -2.18. The van der Waals surface area contributed by atoms with Crippen molar-refractivity contribution < 1.29 is 28.6 Å². The van der Waals surface area contributed by atoms with E-state index in [9.17, 15) is 14.4 Å². The molecule has 0 aliphatic carbocycles. The van der Waals surface area contributed by atoms with Gasteiger partial charge < -0.3 is 14.2 Å². The van der Waals surface area contributed by atoms with Gasteiger partial charge in [0.15, 0.2) is 6.10 Å². The van der Waals surface area contributed by atoms with E-state index < -0.39 is 6.10 Å². The van der Waals surface area contributed by atoms with Crippen molar-refractivity contribution in [2.24, 2.45) is 0 Å². The molecule has 0 N–H and O–H groups in total. The molecule has 6 heteroatoms. The summed E-state index contributed by atoms with van der Waals surface area (Å²) in [6.07, 6.45) is 90.5. The van der Waals surface area contributed by atoms with E-state index in [1.807, 2.05) is 0 Å². The quantitative estimate of drug-likeness (QED) is 0.0261. The molecule has 0 aliphatic rings. The predicted molar refractivity (Wildman–Crippen MR) is 348 cm³/mol. The first-order chi connectivity index (χ1) is 39.5. The van der Waals surface area contributed by atoms with Gasteiger partial charge in [0.05, 0.1) is 0 Å². The van der Waals surface area contributed by atoms with Crippen LogP contribution in [0.3, 0.4) is 0 Å². The standard InChI is InChI=1S/C74H130O6/c1-4-7-10-13-16-19-22-25-28-30-31-32-33-34-35-36-37-38-39-40-41-42-43-45-46-49-52-55-58-61-64-67-73(76)79-70-71(69-78-72(75)66-63-60-57-54-51-48-27-24-21-18-15-12-9-6-3)80-74(77)68-65-62-59-56-53-50-47-44-29-26-23-20-17-14-11-8-5-2/h8,11,15,17-18,20,24,26-27,29-31,47,50,71H,4-7,9-10,12-14,16,19,21-23,25,28,32-46,48-49,51-70H2,1-3H3/b11-8-,18-15-,20-17-,27-24-,29-26-,31-30-,50-47-. The molecule has 0 rings (SSSR count). The summed E-state index contributed by atoms with van der Waals surface area (Å²) in [4.78, 5) is 38.3. The second-order valence-electron chi connectivity index (χ2n) is 23.1. The number of carbonyl (C=O) groups is 3. The molecule has 0 aromatic carbocycles. The highest BCUT2D eigenvalue weighted by Gasteiger charge is 2.19. The molecule has 0 aromatic rings. The van der Waals surface area contributed by atoms with Crippen LogP contribution in [0.25, 0.3) is 0 Å². The number of carbonyl (C=O) groups excluding carboxylic acids is 3. The molecule has 80 heavy (non-hydrogen) atoms. The topological polar surface area (TPSA) is 78.9 Å². The van der Waals surface area contributed by atoms with Gasteiger partial charge in [-0.3, -0.25) is 14.4 Å². The minimum absolute atomic E-state index is 0.0889. The Labute approximate surface area is 496 Å². The SMILES string of the molecule is CC/C=C\C/C=C\C/C=C\C/C=C\CCCCCCC(=O)OC(COC(=O)CCCCCCC/C=C\C/C=C\CCCC)COC(=O)CCCCCCCCCCCCCCCCCCCCC/C=C\CCCCCCCCCC. The number of ether oxygens (including phenoxy) is 3. The molecule has 6 nitrogen and oxygen atoms in total.